The van der Waals surface area contributed by atoms with Crippen LogP contribution in [0.25, 0.3) is 11.0 Å². The van der Waals surface area contributed by atoms with Gasteiger partial charge in [0.05, 0.1) is 16.7 Å². The normalized spacial score (nSPS) is 21.7. The maximum Gasteiger partial charge on any atom is 0.323 e. The molecule has 0 bridgehead atoms. The lowest BCUT2D eigenvalue weighted by Crippen LogP contribution is -2.43. The Morgan fingerprint density at radius 3 is 2.68 bits per heavy atom. The van der Waals surface area contributed by atoms with Crippen molar-refractivity contribution >= 4 is 50.0 Å². The first-order valence-electron chi connectivity index (χ1n) is 7.52. The Hall–Kier alpha value is -1.34. The first-order valence-corrected chi connectivity index (χ1v) is 8.72. The molecule has 118 valence electrons. The molecule has 2 atom stereocenters. The van der Waals surface area contributed by atoms with Crippen LogP contribution in [0.4, 0.5) is 5.69 Å². The molecule has 1 aliphatic rings. The summed E-state index contributed by atoms with van der Waals surface area (Å²) in [6.45, 7) is 2.27. The summed E-state index contributed by atoms with van der Waals surface area (Å²) in [5, 5.41) is 7.26. The van der Waals surface area contributed by atoms with Gasteiger partial charge < -0.3 is 20.6 Å². The van der Waals surface area contributed by atoms with E-state index < -0.39 is 0 Å². The zero-order valence-electron chi connectivity index (χ0n) is 12.3. The van der Waals surface area contributed by atoms with Crippen molar-refractivity contribution in [1.82, 2.24) is 15.3 Å². The first kappa shape index (κ1) is 15.6. The van der Waals surface area contributed by atoms with E-state index in [1.807, 2.05) is 12.1 Å². The third-order valence-corrected chi connectivity index (χ3v) is 5.16. The first-order chi connectivity index (χ1) is 10.5. The predicted molar refractivity (Wildman–Crippen MR) is 97.4 cm³/mol. The molecular weight excluding hydrogens is 364 g/mol. The Bertz CT molecular complexity index is 754. The number of rotatable bonds is 2. The van der Waals surface area contributed by atoms with Crippen LogP contribution in [-0.4, -0.2) is 21.1 Å². The highest BCUT2D eigenvalue weighted by atomic mass is 79.9. The van der Waals surface area contributed by atoms with Crippen molar-refractivity contribution in [1.29, 1.82) is 0 Å². The summed E-state index contributed by atoms with van der Waals surface area (Å²) >= 11 is 8.94. The van der Waals surface area contributed by atoms with E-state index in [-0.39, 0.29) is 5.69 Å². The Balaban J connectivity index is 1.73. The fraction of sp³-hybridized carbons (Fsp3) is 0.467. The molecule has 1 saturated carbocycles. The van der Waals surface area contributed by atoms with Crippen molar-refractivity contribution in [3.63, 3.8) is 0 Å². The van der Waals surface area contributed by atoms with Crippen LogP contribution in [0, 0.1) is 5.92 Å². The Morgan fingerprint density at radius 2 is 1.95 bits per heavy atom. The summed E-state index contributed by atoms with van der Waals surface area (Å²) in [4.78, 5) is 16.8. The van der Waals surface area contributed by atoms with E-state index in [2.05, 4.69) is 43.5 Å². The molecule has 0 radical (unpaired) electrons. The van der Waals surface area contributed by atoms with Gasteiger partial charge in [0.25, 0.3) is 0 Å². The van der Waals surface area contributed by atoms with Gasteiger partial charge in [-0.15, -0.1) is 0 Å². The van der Waals surface area contributed by atoms with E-state index in [9.17, 15) is 4.79 Å². The summed E-state index contributed by atoms with van der Waals surface area (Å²) in [5.41, 5.74) is 2.14. The molecule has 1 fully saturated rings. The molecule has 0 amide bonds. The molecule has 1 aromatic carbocycles. The van der Waals surface area contributed by atoms with Gasteiger partial charge in [0.1, 0.15) is 0 Å². The van der Waals surface area contributed by atoms with Gasteiger partial charge in [-0.3, -0.25) is 0 Å². The zero-order chi connectivity index (χ0) is 15.7. The van der Waals surface area contributed by atoms with Crippen molar-refractivity contribution in [2.24, 2.45) is 5.92 Å². The number of thiocarbonyl (C=S) groups is 1. The van der Waals surface area contributed by atoms with Crippen LogP contribution in [0.5, 0.6) is 0 Å². The number of hydrogen-bond donors (Lipinski definition) is 4. The van der Waals surface area contributed by atoms with Gasteiger partial charge in [-0.1, -0.05) is 19.8 Å². The molecule has 0 unspecified atom stereocenters. The lowest BCUT2D eigenvalue weighted by atomic mass is 9.86. The number of benzene rings is 1. The molecule has 22 heavy (non-hydrogen) atoms. The molecule has 4 N–H and O–H groups in total. The van der Waals surface area contributed by atoms with Gasteiger partial charge >= 0.3 is 5.69 Å². The lowest BCUT2D eigenvalue weighted by Gasteiger charge is -2.30. The maximum atomic E-state index is 11.3. The van der Waals surface area contributed by atoms with E-state index in [0.717, 1.165) is 27.6 Å². The number of anilines is 1. The molecule has 5 nitrogen and oxygen atoms in total. The summed E-state index contributed by atoms with van der Waals surface area (Å²) in [6.07, 6.45) is 4.97. The quantitative estimate of drug-likeness (QED) is 0.599. The van der Waals surface area contributed by atoms with E-state index in [1.54, 1.807) is 0 Å². The number of halogens is 1. The van der Waals surface area contributed by atoms with Crippen molar-refractivity contribution < 1.29 is 0 Å². The lowest BCUT2D eigenvalue weighted by molar-refractivity contribution is 0.309. The van der Waals surface area contributed by atoms with Crippen LogP contribution >= 0.6 is 28.1 Å². The molecule has 7 heteroatoms. The van der Waals surface area contributed by atoms with E-state index in [4.69, 9.17) is 12.2 Å². The van der Waals surface area contributed by atoms with Crippen LogP contribution in [0.2, 0.25) is 0 Å². The molecule has 1 aliphatic carbocycles. The maximum absolute atomic E-state index is 11.3. The zero-order valence-corrected chi connectivity index (χ0v) is 14.7. The second-order valence-electron chi connectivity index (χ2n) is 5.92. The largest absolute Gasteiger partial charge is 0.359 e. The van der Waals surface area contributed by atoms with Crippen LogP contribution in [0.15, 0.2) is 21.4 Å². The minimum atomic E-state index is -0.212. The smallest absolute Gasteiger partial charge is 0.323 e. The van der Waals surface area contributed by atoms with Crippen molar-refractivity contribution in [3.8, 4) is 0 Å². The van der Waals surface area contributed by atoms with Gasteiger partial charge in [-0.25, -0.2) is 4.79 Å². The Morgan fingerprint density at radius 1 is 1.27 bits per heavy atom. The number of nitrogens with one attached hydrogen (secondary N) is 4. The van der Waals surface area contributed by atoms with Gasteiger partial charge in [-0.2, -0.15) is 0 Å². The van der Waals surface area contributed by atoms with Gasteiger partial charge in [0.2, 0.25) is 0 Å². The van der Waals surface area contributed by atoms with Gasteiger partial charge in [0.15, 0.2) is 5.11 Å². The molecule has 1 heterocycles. The number of imidazole rings is 1. The molecule has 2 aromatic rings. The van der Waals surface area contributed by atoms with Crippen molar-refractivity contribution in [2.75, 3.05) is 5.32 Å². The highest BCUT2D eigenvalue weighted by molar-refractivity contribution is 9.10. The van der Waals surface area contributed by atoms with Crippen molar-refractivity contribution in [2.45, 2.75) is 38.6 Å². The average molecular weight is 383 g/mol. The van der Waals surface area contributed by atoms with E-state index >= 15 is 0 Å². The fourth-order valence-electron chi connectivity index (χ4n) is 3.01. The molecule has 0 saturated heterocycles. The number of aromatic amines is 2. The molecular formula is C15H19BrN4OS. The molecule has 1 aromatic heterocycles. The summed E-state index contributed by atoms with van der Waals surface area (Å²) < 4.78 is 0.857. The predicted octanol–water partition coefficient (Wildman–Crippen LogP) is 3.48. The van der Waals surface area contributed by atoms with Crippen LogP contribution < -0.4 is 16.3 Å². The topological polar surface area (TPSA) is 72.7 Å². The van der Waals surface area contributed by atoms with E-state index in [1.165, 1.54) is 19.3 Å². The summed E-state index contributed by atoms with van der Waals surface area (Å²) in [7, 11) is 0. The van der Waals surface area contributed by atoms with Crippen LogP contribution in [0.1, 0.15) is 32.6 Å². The van der Waals surface area contributed by atoms with E-state index in [0.29, 0.717) is 17.1 Å². The third-order valence-electron chi connectivity index (χ3n) is 4.28. The van der Waals surface area contributed by atoms with Gasteiger partial charge in [0, 0.05) is 10.5 Å². The minimum absolute atomic E-state index is 0.212. The minimum Gasteiger partial charge on any atom is -0.359 e. The standard InChI is InChI=1S/C15H19BrN4OS/c1-8-4-2-3-5-10(8)19-15(22)20-11-7-13-12(6-9(11)16)17-14(21)18-13/h6-8,10H,2-5H2,1H3,(H2,17,18,21)(H2,19,20,22)/t8-,10+/m1/s1. The Kier molecular flexibility index (Phi) is 4.54. The summed E-state index contributed by atoms with van der Waals surface area (Å²) in [6, 6.07) is 4.17. The number of H-pyrrole nitrogens is 2. The third kappa shape index (κ3) is 3.35. The number of aromatic nitrogens is 2. The molecule has 0 aliphatic heterocycles. The number of fused-ring (bicyclic) bond motifs is 1. The van der Waals surface area contributed by atoms with Gasteiger partial charge in [-0.05, 0) is 59.0 Å². The SMILES string of the molecule is C[C@@H]1CCCC[C@@H]1NC(=S)Nc1cc2[nH]c(=O)[nH]c2cc1Br. The summed E-state index contributed by atoms with van der Waals surface area (Å²) in [5.74, 6) is 0.639. The Labute approximate surface area is 142 Å². The van der Waals surface area contributed by atoms with Crippen LogP contribution in [0.3, 0.4) is 0 Å². The monoisotopic (exact) mass is 382 g/mol. The molecule has 3 rings (SSSR count). The molecule has 0 spiro atoms. The fourth-order valence-corrected chi connectivity index (χ4v) is 3.71. The number of hydrogen-bond acceptors (Lipinski definition) is 2. The second kappa shape index (κ2) is 6.42. The average Bonchev–Trinajstić information content (AvgIpc) is 2.81. The highest BCUT2D eigenvalue weighted by Crippen LogP contribution is 2.27. The second-order valence-corrected chi connectivity index (χ2v) is 7.19. The highest BCUT2D eigenvalue weighted by Gasteiger charge is 2.21. The van der Waals surface area contributed by atoms with Crippen LogP contribution in [-0.2, 0) is 0 Å². The van der Waals surface area contributed by atoms with Crippen molar-refractivity contribution in [3.05, 3.63) is 27.1 Å².